The molecule has 322 valence electrons. The first-order chi connectivity index (χ1) is 34.7. The Hall–Kier alpha value is -9.82. The molecule has 1 atom stereocenters. The Morgan fingerprint density at radius 1 is 0.371 bits per heavy atom. The fourth-order valence-electron chi connectivity index (χ4n) is 12.3. The first kappa shape index (κ1) is 37.3. The molecule has 5 aromatic heterocycles. The fraction of sp³-hybridized carbons (Fsp3) is 0.0159. The number of rotatable bonds is 3. The van der Waals surface area contributed by atoms with Gasteiger partial charge in [-0.25, -0.2) is 0 Å². The molecule has 0 radical (unpaired) electrons. The lowest BCUT2D eigenvalue weighted by atomic mass is 9.83. The highest BCUT2D eigenvalue weighted by Gasteiger charge is 2.38. The summed E-state index contributed by atoms with van der Waals surface area (Å²) in [5.41, 5.74) is 14.6. The van der Waals surface area contributed by atoms with E-state index in [0.29, 0.717) is 39.2 Å². The van der Waals surface area contributed by atoms with Crippen LogP contribution in [0.1, 0.15) is 33.7 Å². The van der Waals surface area contributed by atoms with Crippen molar-refractivity contribution in [2.45, 2.75) is 5.92 Å². The third-order valence-corrected chi connectivity index (χ3v) is 15.1. The number of nitrogens with zero attached hydrogens (tertiary/aromatic N) is 4. The van der Waals surface area contributed by atoms with Crippen LogP contribution in [0, 0.1) is 22.7 Å². The summed E-state index contributed by atoms with van der Waals surface area (Å²) >= 11 is 0. The van der Waals surface area contributed by atoms with Crippen LogP contribution in [0.3, 0.4) is 0 Å². The average Bonchev–Trinajstić information content (AvgIpc) is 4.26. The van der Waals surface area contributed by atoms with Crippen molar-refractivity contribution in [2.75, 3.05) is 0 Å². The molecule has 0 saturated heterocycles. The molecule has 0 spiro atoms. The topological polar surface area (TPSA) is 96.9 Å². The van der Waals surface area contributed by atoms with E-state index in [0.717, 1.165) is 121 Å². The monoisotopic (exact) mass is 892 g/mol. The van der Waals surface area contributed by atoms with E-state index >= 15 is 0 Å². The number of benzene rings is 10. The molecule has 16 rings (SSSR count). The lowest BCUT2D eigenvalue weighted by Crippen LogP contribution is -2.13. The SMILES string of the molecule is N#Cc1cc(C2c3ccccc3-c3ccc4c(oc5ccccc54)c32)c(C#N)c(-n2c3ccccc3c3ccc4c5ccccc5oc4c32)c1-n1c2ccccc2c2ccc3c4ccccc4oc3c21. The molecule has 5 heterocycles. The van der Waals surface area contributed by atoms with Crippen molar-refractivity contribution < 1.29 is 13.3 Å². The lowest BCUT2D eigenvalue weighted by molar-refractivity contribution is 0.662. The quantitative estimate of drug-likeness (QED) is 0.176. The van der Waals surface area contributed by atoms with E-state index in [9.17, 15) is 10.5 Å². The molecule has 0 fully saturated rings. The summed E-state index contributed by atoms with van der Waals surface area (Å²) in [5, 5.41) is 34.1. The van der Waals surface area contributed by atoms with Crippen molar-refractivity contribution in [2.24, 2.45) is 0 Å². The van der Waals surface area contributed by atoms with Gasteiger partial charge in [-0.15, -0.1) is 0 Å². The molecule has 7 heteroatoms. The number of fused-ring (bicyclic) bond motifs is 21. The van der Waals surface area contributed by atoms with Gasteiger partial charge in [-0.1, -0.05) is 133 Å². The lowest BCUT2D eigenvalue weighted by Gasteiger charge is -2.24. The second-order valence-electron chi connectivity index (χ2n) is 18.4. The van der Waals surface area contributed by atoms with Crippen molar-refractivity contribution in [1.29, 1.82) is 10.5 Å². The maximum Gasteiger partial charge on any atom is 0.160 e. The highest BCUT2D eigenvalue weighted by Crippen LogP contribution is 2.55. The Morgan fingerprint density at radius 2 is 0.829 bits per heavy atom. The summed E-state index contributed by atoms with van der Waals surface area (Å²) in [6, 6.07) is 69.9. The first-order valence-electron chi connectivity index (χ1n) is 23.4. The van der Waals surface area contributed by atoms with E-state index in [4.69, 9.17) is 13.3 Å². The van der Waals surface area contributed by atoms with E-state index in [1.165, 1.54) is 0 Å². The van der Waals surface area contributed by atoms with Crippen LogP contribution in [-0.2, 0) is 0 Å². The van der Waals surface area contributed by atoms with Crippen molar-refractivity contribution in [3.8, 4) is 34.6 Å². The van der Waals surface area contributed by atoms with Gasteiger partial charge in [0.2, 0.25) is 0 Å². The van der Waals surface area contributed by atoms with Crippen LogP contribution >= 0.6 is 0 Å². The summed E-state index contributed by atoms with van der Waals surface area (Å²) in [6.45, 7) is 0. The minimum Gasteiger partial charge on any atom is -0.456 e. The molecule has 70 heavy (non-hydrogen) atoms. The molecule has 10 aromatic carbocycles. The molecule has 0 N–H and O–H groups in total. The largest absolute Gasteiger partial charge is 0.456 e. The number of furan rings is 3. The van der Waals surface area contributed by atoms with E-state index < -0.39 is 5.92 Å². The van der Waals surface area contributed by atoms with Crippen molar-refractivity contribution in [1.82, 2.24) is 9.13 Å². The van der Waals surface area contributed by atoms with Crippen LogP contribution in [0.4, 0.5) is 0 Å². The van der Waals surface area contributed by atoms with Gasteiger partial charge < -0.3 is 22.4 Å². The summed E-state index contributed by atoms with van der Waals surface area (Å²) < 4.78 is 25.1. The van der Waals surface area contributed by atoms with Gasteiger partial charge in [-0.2, -0.15) is 10.5 Å². The van der Waals surface area contributed by atoms with Crippen LogP contribution in [0.15, 0.2) is 201 Å². The number of hydrogen-bond acceptors (Lipinski definition) is 5. The van der Waals surface area contributed by atoms with Gasteiger partial charge >= 0.3 is 0 Å². The Balaban J connectivity index is 1.15. The Labute approximate surface area is 397 Å². The van der Waals surface area contributed by atoms with Crippen LogP contribution in [0.5, 0.6) is 0 Å². The average molecular weight is 893 g/mol. The van der Waals surface area contributed by atoms with Gasteiger partial charge in [-0.3, -0.25) is 0 Å². The molecule has 0 aliphatic heterocycles. The minimum absolute atomic E-state index is 0.394. The number of hydrogen-bond donors (Lipinski definition) is 0. The van der Waals surface area contributed by atoms with Crippen LogP contribution in [0.2, 0.25) is 0 Å². The Morgan fingerprint density at radius 3 is 1.40 bits per heavy atom. The molecular weight excluding hydrogens is 861 g/mol. The number of para-hydroxylation sites is 5. The second-order valence-corrected chi connectivity index (χ2v) is 18.4. The van der Waals surface area contributed by atoms with E-state index in [1.54, 1.807) is 0 Å². The maximum atomic E-state index is 12.3. The van der Waals surface area contributed by atoms with Gasteiger partial charge in [0.1, 0.15) is 34.5 Å². The van der Waals surface area contributed by atoms with Crippen LogP contribution < -0.4 is 0 Å². The fourth-order valence-corrected chi connectivity index (χ4v) is 12.3. The summed E-state index contributed by atoms with van der Waals surface area (Å²) in [6.07, 6.45) is 0. The minimum atomic E-state index is -0.482. The zero-order chi connectivity index (χ0) is 45.9. The van der Waals surface area contributed by atoms with Gasteiger partial charge in [0, 0.05) is 65.3 Å². The predicted octanol–water partition coefficient (Wildman–Crippen LogP) is 16.5. The molecule has 1 aliphatic rings. The second kappa shape index (κ2) is 13.4. The van der Waals surface area contributed by atoms with Gasteiger partial charge in [-0.05, 0) is 76.9 Å². The normalized spacial score (nSPS) is 13.5. The maximum absolute atomic E-state index is 12.3. The summed E-state index contributed by atoms with van der Waals surface area (Å²) in [4.78, 5) is 0. The molecule has 0 saturated carbocycles. The molecule has 15 aromatic rings. The van der Waals surface area contributed by atoms with E-state index in [2.05, 4.69) is 130 Å². The van der Waals surface area contributed by atoms with Gasteiger partial charge in [0.25, 0.3) is 0 Å². The Bertz CT molecular complexity index is 4940. The predicted molar refractivity (Wildman–Crippen MR) is 279 cm³/mol. The van der Waals surface area contributed by atoms with E-state index in [1.807, 2.05) is 78.9 Å². The smallest absolute Gasteiger partial charge is 0.160 e. The van der Waals surface area contributed by atoms with Gasteiger partial charge in [0.05, 0.1) is 44.6 Å². The number of nitriles is 2. The highest BCUT2D eigenvalue weighted by molar-refractivity contribution is 6.24. The van der Waals surface area contributed by atoms with Crippen molar-refractivity contribution in [3.05, 3.63) is 216 Å². The number of aromatic nitrogens is 2. The molecule has 0 amide bonds. The van der Waals surface area contributed by atoms with Gasteiger partial charge in [0.15, 0.2) is 11.2 Å². The third kappa shape index (κ3) is 4.61. The van der Waals surface area contributed by atoms with E-state index in [-0.39, 0.29) is 0 Å². The Kier molecular flexibility index (Phi) is 7.15. The molecule has 1 aliphatic carbocycles. The highest BCUT2D eigenvalue weighted by atomic mass is 16.3. The van der Waals surface area contributed by atoms with Crippen molar-refractivity contribution in [3.63, 3.8) is 0 Å². The van der Waals surface area contributed by atoms with Crippen LogP contribution in [0.25, 0.3) is 132 Å². The molecule has 7 nitrogen and oxygen atoms in total. The first-order valence-corrected chi connectivity index (χ1v) is 23.4. The molecule has 0 bridgehead atoms. The molecule has 1 unspecified atom stereocenters. The van der Waals surface area contributed by atoms with Crippen LogP contribution in [-0.4, -0.2) is 9.13 Å². The van der Waals surface area contributed by atoms with Crippen molar-refractivity contribution >= 4 is 109 Å². The molecular formula is C63H32N4O3. The third-order valence-electron chi connectivity index (χ3n) is 15.1. The standard InChI is InChI=1S/C63H32N4O3/c64-32-34-31-48(55-41-19-2-1-13-35(41)42-25-28-45-38-16-5-10-22-52(38)68-61(45)56(42)55)49(33-65)58(67-51-21-9-4-15-37(51)44-27-30-47-40-18-7-12-24-54(40)70-63(47)60(44)67)57(34)66-50-20-8-3-14-36(50)43-26-29-46-39-17-6-11-23-53(39)69-62(46)59(43)66/h1-31,55H. The summed E-state index contributed by atoms with van der Waals surface area (Å²) in [5.74, 6) is -0.482. The zero-order valence-corrected chi connectivity index (χ0v) is 37.0. The summed E-state index contributed by atoms with van der Waals surface area (Å²) in [7, 11) is 0. The zero-order valence-electron chi connectivity index (χ0n) is 37.0.